The van der Waals surface area contributed by atoms with Gasteiger partial charge in [0.1, 0.15) is 5.84 Å². The minimum absolute atomic E-state index is 0.590. The third-order valence-corrected chi connectivity index (χ3v) is 1.19. The van der Waals surface area contributed by atoms with Crippen molar-refractivity contribution in [3.63, 3.8) is 0 Å². The first-order valence-corrected chi connectivity index (χ1v) is 3.37. The molecule has 0 aromatic heterocycles. The van der Waals surface area contributed by atoms with Crippen LogP contribution in [-0.4, -0.2) is 35.9 Å². The summed E-state index contributed by atoms with van der Waals surface area (Å²) in [7, 11) is 1.60. The zero-order valence-corrected chi connectivity index (χ0v) is 7.11. The lowest BCUT2D eigenvalue weighted by molar-refractivity contribution is -0.114. The maximum Gasteiger partial charge on any atom is 0.215 e. The molecule has 0 radical (unpaired) electrons. The maximum atomic E-state index is 10.3. The second-order valence-corrected chi connectivity index (χ2v) is 2.11. The van der Waals surface area contributed by atoms with Gasteiger partial charge in [0.15, 0.2) is 0 Å². The Kier molecular flexibility index (Phi) is 4.21. The van der Waals surface area contributed by atoms with Gasteiger partial charge in [0.05, 0.1) is 0 Å². The van der Waals surface area contributed by atoms with E-state index in [1.165, 1.54) is 10.0 Å². The van der Waals surface area contributed by atoms with E-state index in [9.17, 15) is 4.79 Å². The lowest BCUT2D eigenvalue weighted by Crippen LogP contribution is -2.31. The van der Waals surface area contributed by atoms with Crippen molar-refractivity contribution < 1.29 is 4.79 Å². The number of nitrogens with two attached hydrogens (primary N) is 1. The van der Waals surface area contributed by atoms with Gasteiger partial charge >= 0.3 is 0 Å². The van der Waals surface area contributed by atoms with Crippen molar-refractivity contribution >= 4 is 12.2 Å². The number of carbonyl (C=O) groups is 1. The summed E-state index contributed by atoms with van der Waals surface area (Å²) in [4.78, 5) is 11.8. The fraction of sp³-hybridized carbons (Fsp3) is 0.667. The molecule has 0 fully saturated rings. The van der Waals surface area contributed by atoms with Crippen molar-refractivity contribution in [2.75, 3.05) is 13.6 Å². The number of hydrogen-bond donors (Lipinski definition) is 1. The van der Waals surface area contributed by atoms with E-state index in [1.54, 1.807) is 14.0 Å². The number of hydrazine groups is 1. The van der Waals surface area contributed by atoms with Gasteiger partial charge in [-0.3, -0.25) is 4.79 Å². The van der Waals surface area contributed by atoms with Gasteiger partial charge in [0.2, 0.25) is 6.41 Å². The molecule has 0 bridgehead atoms. The first-order chi connectivity index (χ1) is 5.11. The van der Waals surface area contributed by atoms with Crippen LogP contribution in [0.15, 0.2) is 5.10 Å². The van der Waals surface area contributed by atoms with Gasteiger partial charge in [-0.05, 0) is 13.8 Å². The largest absolute Gasteiger partial charge is 0.302 e. The van der Waals surface area contributed by atoms with E-state index in [0.29, 0.717) is 12.4 Å². The molecule has 0 aliphatic rings. The maximum absolute atomic E-state index is 10.3. The first-order valence-electron chi connectivity index (χ1n) is 3.37. The van der Waals surface area contributed by atoms with Crippen molar-refractivity contribution in [3.05, 3.63) is 0 Å². The van der Waals surface area contributed by atoms with Gasteiger partial charge in [-0.1, -0.05) is 0 Å². The summed E-state index contributed by atoms with van der Waals surface area (Å²) in [6, 6.07) is 0. The monoisotopic (exact) mass is 158 g/mol. The predicted molar refractivity (Wildman–Crippen MR) is 43.5 cm³/mol. The van der Waals surface area contributed by atoms with Crippen LogP contribution in [0.3, 0.4) is 0 Å². The van der Waals surface area contributed by atoms with E-state index in [-0.39, 0.29) is 0 Å². The first kappa shape index (κ1) is 9.90. The van der Waals surface area contributed by atoms with Crippen molar-refractivity contribution in [1.82, 2.24) is 10.0 Å². The normalized spacial score (nSPS) is 11.1. The zero-order valence-electron chi connectivity index (χ0n) is 7.11. The van der Waals surface area contributed by atoms with Crippen LogP contribution in [0.1, 0.15) is 13.8 Å². The summed E-state index contributed by atoms with van der Waals surface area (Å²) >= 11 is 0. The van der Waals surface area contributed by atoms with Crippen LogP contribution in [0, 0.1) is 0 Å². The Morgan fingerprint density at radius 1 is 1.73 bits per heavy atom. The highest BCUT2D eigenvalue weighted by molar-refractivity contribution is 5.88. The third-order valence-electron chi connectivity index (χ3n) is 1.19. The molecular formula is C6H14N4O. The highest BCUT2D eigenvalue weighted by Gasteiger charge is 2.01. The second-order valence-electron chi connectivity index (χ2n) is 2.11. The molecule has 11 heavy (non-hydrogen) atoms. The summed E-state index contributed by atoms with van der Waals surface area (Å²) < 4.78 is 0. The molecule has 5 nitrogen and oxygen atoms in total. The van der Waals surface area contributed by atoms with E-state index < -0.39 is 0 Å². The molecule has 0 rings (SSSR count). The van der Waals surface area contributed by atoms with Crippen LogP contribution in [0.4, 0.5) is 0 Å². The Labute approximate surface area is 66.4 Å². The van der Waals surface area contributed by atoms with Crippen LogP contribution >= 0.6 is 0 Å². The molecule has 2 N–H and O–H groups in total. The number of rotatable bonds is 3. The molecule has 0 saturated carbocycles. The number of hydrazone groups is 1. The smallest absolute Gasteiger partial charge is 0.215 e. The highest BCUT2D eigenvalue weighted by Crippen LogP contribution is 1.87. The summed E-state index contributed by atoms with van der Waals surface area (Å²) in [6.45, 7) is 4.19. The van der Waals surface area contributed by atoms with Gasteiger partial charge in [-0.25, -0.2) is 11.0 Å². The molecule has 0 unspecified atom stereocenters. The fourth-order valence-electron chi connectivity index (χ4n) is 0.665. The van der Waals surface area contributed by atoms with E-state index in [2.05, 4.69) is 5.10 Å². The van der Waals surface area contributed by atoms with Gasteiger partial charge < -0.3 is 4.90 Å². The second kappa shape index (κ2) is 4.68. The minimum atomic E-state index is 0.590. The molecule has 0 aromatic rings. The minimum Gasteiger partial charge on any atom is -0.302 e. The van der Waals surface area contributed by atoms with E-state index in [1.807, 2.05) is 6.92 Å². The van der Waals surface area contributed by atoms with Gasteiger partial charge in [0, 0.05) is 13.6 Å². The number of nitrogens with zero attached hydrogens (tertiary/aromatic N) is 3. The van der Waals surface area contributed by atoms with Gasteiger partial charge in [0.25, 0.3) is 0 Å². The molecule has 0 aliphatic carbocycles. The van der Waals surface area contributed by atoms with E-state index >= 15 is 0 Å². The summed E-state index contributed by atoms with van der Waals surface area (Å²) in [5.41, 5.74) is 0. The number of carbonyl (C=O) groups excluding carboxylic acids is 1. The Balaban J connectivity index is 4.18. The van der Waals surface area contributed by atoms with Crippen molar-refractivity contribution in [1.29, 1.82) is 0 Å². The Bertz CT molecular complexity index is 155. The highest BCUT2D eigenvalue weighted by atomic mass is 16.1. The topological polar surface area (TPSA) is 61.9 Å². The molecule has 0 aromatic carbocycles. The standard InChI is InChI=1S/C6H14N4O/c1-4-10(5-11)6(2)8-9(3)7/h5H,4,7H2,1-3H3/b8-6-. The summed E-state index contributed by atoms with van der Waals surface area (Å²) in [5.74, 6) is 5.83. The third kappa shape index (κ3) is 3.57. The molecule has 0 heterocycles. The quantitative estimate of drug-likeness (QED) is 0.200. The Morgan fingerprint density at radius 3 is 2.55 bits per heavy atom. The number of amides is 1. The Hall–Kier alpha value is -1.10. The van der Waals surface area contributed by atoms with Crippen molar-refractivity contribution in [3.8, 4) is 0 Å². The van der Waals surface area contributed by atoms with Crippen LogP contribution in [0.5, 0.6) is 0 Å². The average molecular weight is 158 g/mol. The summed E-state index contributed by atoms with van der Waals surface area (Å²) in [6.07, 6.45) is 0.725. The lowest BCUT2D eigenvalue weighted by atomic mass is 10.5. The fourth-order valence-corrected chi connectivity index (χ4v) is 0.665. The predicted octanol–water partition coefficient (Wildman–Crippen LogP) is -0.396. The molecule has 1 amide bonds. The molecule has 0 spiro atoms. The Morgan fingerprint density at radius 2 is 2.27 bits per heavy atom. The van der Waals surface area contributed by atoms with E-state index in [4.69, 9.17) is 5.84 Å². The molecular weight excluding hydrogens is 144 g/mol. The zero-order chi connectivity index (χ0) is 8.85. The van der Waals surface area contributed by atoms with Gasteiger partial charge in [-0.2, -0.15) is 0 Å². The SMILES string of the molecule is CCN(C=O)/C(C)=N\N(C)N. The molecule has 5 heteroatoms. The number of amidine groups is 1. The lowest BCUT2D eigenvalue weighted by Gasteiger charge is -2.15. The average Bonchev–Trinajstić information content (AvgIpc) is 1.88. The van der Waals surface area contributed by atoms with Crippen LogP contribution in [-0.2, 0) is 4.79 Å². The molecule has 0 aliphatic heterocycles. The van der Waals surface area contributed by atoms with Crippen LogP contribution in [0.25, 0.3) is 0 Å². The van der Waals surface area contributed by atoms with Crippen molar-refractivity contribution in [2.45, 2.75) is 13.8 Å². The van der Waals surface area contributed by atoms with E-state index in [0.717, 1.165) is 6.41 Å². The molecule has 64 valence electrons. The van der Waals surface area contributed by atoms with Crippen LogP contribution in [0.2, 0.25) is 0 Å². The molecule has 0 saturated heterocycles. The van der Waals surface area contributed by atoms with Crippen molar-refractivity contribution in [2.24, 2.45) is 10.9 Å². The van der Waals surface area contributed by atoms with Crippen LogP contribution < -0.4 is 5.84 Å². The number of hydrogen-bond acceptors (Lipinski definition) is 4. The summed E-state index contributed by atoms with van der Waals surface area (Å²) in [5, 5.41) is 5.01. The van der Waals surface area contributed by atoms with Gasteiger partial charge in [-0.15, -0.1) is 5.10 Å². The molecule has 0 atom stereocenters.